The summed E-state index contributed by atoms with van der Waals surface area (Å²) in [5.41, 5.74) is 3.14. The number of halogens is 1. The molecule has 3 nitrogen and oxygen atoms in total. The highest BCUT2D eigenvalue weighted by atomic mass is 35.5. The van der Waals surface area contributed by atoms with E-state index in [1.807, 2.05) is 24.5 Å². The van der Waals surface area contributed by atoms with Gasteiger partial charge < -0.3 is 4.90 Å². The van der Waals surface area contributed by atoms with Gasteiger partial charge in [-0.1, -0.05) is 23.7 Å². The Labute approximate surface area is 162 Å². The minimum atomic E-state index is 0.320. The van der Waals surface area contributed by atoms with Crippen molar-refractivity contribution in [3.63, 3.8) is 0 Å². The average molecular weight is 370 g/mol. The van der Waals surface area contributed by atoms with E-state index in [1.54, 1.807) is 0 Å². The third-order valence-electron chi connectivity index (χ3n) is 6.16. The Morgan fingerprint density at radius 2 is 1.73 bits per heavy atom. The second kappa shape index (κ2) is 7.67. The van der Waals surface area contributed by atoms with E-state index in [2.05, 4.69) is 46.1 Å². The van der Waals surface area contributed by atoms with Crippen molar-refractivity contribution in [2.75, 3.05) is 26.7 Å². The summed E-state index contributed by atoms with van der Waals surface area (Å²) >= 11 is 6.11. The smallest absolute Gasteiger partial charge is 0.0406 e. The molecule has 4 rings (SSSR count). The molecule has 0 radical (unpaired) electrons. The Kier molecular flexibility index (Phi) is 5.30. The number of likely N-dealkylation sites (tertiary alicyclic amines) is 1. The Morgan fingerprint density at radius 1 is 1.08 bits per heavy atom. The van der Waals surface area contributed by atoms with Crippen molar-refractivity contribution in [1.82, 2.24) is 14.8 Å². The minimum absolute atomic E-state index is 0.320. The summed E-state index contributed by atoms with van der Waals surface area (Å²) in [5, 5.41) is 0.827. The molecule has 0 unspecified atom stereocenters. The first-order valence-corrected chi connectivity index (χ1v) is 10.1. The lowest BCUT2D eigenvalue weighted by Crippen LogP contribution is -2.46. The maximum Gasteiger partial charge on any atom is 0.0406 e. The molecule has 1 saturated heterocycles. The van der Waals surface area contributed by atoms with Crippen molar-refractivity contribution in [3.8, 4) is 0 Å². The maximum absolute atomic E-state index is 6.11. The highest BCUT2D eigenvalue weighted by molar-refractivity contribution is 6.30. The van der Waals surface area contributed by atoms with Gasteiger partial charge in [-0.3, -0.25) is 9.88 Å². The third-order valence-corrected chi connectivity index (χ3v) is 6.41. The fourth-order valence-corrected chi connectivity index (χ4v) is 4.40. The van der Waals surface area contributed by atoms with Crippen LogP contribution < -0.4 is 0 Å². The first-order chi connectivity index (χ1) is 12.6. The summed E-state index contributed by atoms with van der Waals surface area (Å²) in [7, 11) is 2.24. The van der Waals surface area contributed by atoms with E-state index < -0.39 is 0 Å². The van der Waals surface area contributed by atoms with Crippen LogP contribution in [-0.2, 0) is 12.0 Å². The summed E-state index contributed by atoms with van der Waals surface area (Å²) in [5.74, 6) is 0. The Morgan fingerprint density at radius 3 is 2.35 bits per heavy atom. The minimum Gasteiger partial charge on any atom is -0.306 e. The van der Waals surface area contributed by atoms with Gasteiger partial charge in [-0.25, -0.2) is 0 Å². The van der Waals surface area contributed by atoms with E-state index in [9.17, 15) is 0 Å². The maximum atomic E-state index is 6.11. The molecule has 2 heterocycles. The molecule has 2 aliphatic rings. The number of benzene rings is 1. The van der Waals surface area contributed by atoms with Crippen LogP contribution in [-0.4, -0.2) is 47.5 Å². The first kappa shape index (κ1) is 18.0. The molecule has 138 valence electrons. The highest BCUT2D eigenvalue weighted by Gasteiger charge is 2.46. The van der Waals surface area contributed by atoms with Crippen molar-refractivity contribution >= 4 is 11.6 Å². The van der Waals surface area contributed by atoms with Gasteiger partial charge in [0.05, 0.1) is 0 Å². The second-order valence-corrected chi connectivity index (χ2v) is 8.52. The van der Waals surface area contributed by atoms with E-state index >= 15 is 0 Å². The topological polar surface area (TPSA) is 19.4 Å². The van der Waals surface area contributed by atoms with Gasteiger partial charge in [0.1, 0.15) is 0 Å². The zero-order chi connectivity index (χ0) is 18.0. The Bertz CT molecular complexity index is 704. The van der Waals surface area contributed by atoms with Crippen molar-refractivity contribution in [1.29, 1.82) is 0 Å². The van der Waals surface area contributed by atoms with Crippen LogP contribution in [0.25, 0.3) is 0 Å². The molecule has 0 N–H and O–H groups in total. The third kappa shape index (κ3) is 4.11. The lowest BCUT2D eigenvalue weighted by molar-refractivity contribution is 0.105. The number of nitrogens with zero attached hydrogens (tertiary/aromatic N) is 3. The molecular formula is C22H28ClN3. The van der Waals surface area contributed by atoms with E-state index in [-0.39, 0.29) is 0 Å². The van der Waals surface area contributed by atoms with Crippen LogP contribution in [0.5, 0.6) is 0 Å². The predicted octanol–water partition coefficient (Wildman–Crippen LogP) is 4.36. The van der Waals surface area contributed by atoms with Gasteiger partial charge in [0.25, 0.3) is 0 Å². The molecule has 0 bridgehead atoms. The first-order valence-electron chi connectivity index (χ1n) is 9.72. The lowest BCUT2D eigenvalue weighted by atomic mass is 9.93. The van der Waals surface area contributed by atoms with Crippen LogP contribution in [0.15, 0.2) is 48.8 Å². The normalized spacial score (nSPS) is 20.4. The number of hydrogen-bond acceptors (Lipinski definition) is 3. The molecule has 1 aliphatic carbocycles. The second-order valence-electron chi connectivity index (χ2n) is 8.08. The summed E-state index contributed by atoms with van der Waals surface area (Å²) < 4.78 is 0. The van der Waals surface area contributed by atoms with Crippen molar-refractivity contribution in [2.45, 2.75) is 43.7 Å². The van der Waals surface area contributed by atoms with E-state index in [1.165, 1.54) is 49.9 Å². The van der Waals surface area contributed by atoms with Gasteiger partial charge >= 0.3 is 0 Å². The van der Waals surface area contributed by atoms with E-state index in [0.717, 1.165) is 18.1 Å². The SMILES string of the molecule is CN1CCC(N(Cc2ccncc2)CC2(c3ccc(Cl)cc3)CC2)CC1. The van der Waals surface area contributed by atoms with Crippen LogP contribution >= 0.6 is 11.6 Å². The summed E-state index contributed by atoms with van der Waals surface area (Å²) in [6.45, 7) is 4.56. The van der Waals surface area contributed by atoms with Crippen LogP contribution in [0.2, 0.25) is 5.02 Å². The molecule has 0 amide bonds. The van der Waals surface area contributed by atoms with Crippen LogP contribution in [0, 0.1) is 0 Å². The van der Waals surface area contributed by atoms with Crippen LogP contribution in [0.4, 0.5) is 0 Å². The standard InChI is InChI=1S/C22H28ClN3/c1-25-14-8-21(9-15-25)26(16-18-6-12-24-13-7-18)17-22(10-11-22)19-2-4-20(23)5-3-19/h2-7,12-13,21H,8-11,14-17H2,1H3. The monoisotopic (exact) mass is 369 g/mol. The average Bonchev–Trinajstić information content (AvgIpc) is 3.44. The molecular weight excluding hydrogens is 342 g/mol. The number of hydrogen-bond donors (Lipinski definition) is 0. The Balaban J connectivity index is 1.53. The van der Waals surface area contributed by atoms with Crippen LogP contribution in [0.1, 0.15) is 36.8 Å². The summed E-state index contributed by atoms with van der Waals surface area (Å²) in [6.07, 6.45) is 8.92. The number of pyridine rings is 1. The quantitative estimate of drug-likeness (QED) is 0.754. The van der Waals surface area contributed by atoms with E-state index in [0.29, 0.717) is 11.5 Å². The number of piperidine rings is 1. The molecule has 26 heavy (non-hydrogen) atoms. The molecule has 1 aromatic heterocycles. The molecule has 4 heteroatoms. The molecule has 1 aliphatic heterocycles. The summed E-state index contributed by atoms with van der Waals surface area (Å²) in [4.78, 5) is 9.37. The van der Waals surface area contributed by atoms with Crippen molar-refractivity contribution in [2.24, 2.45) is 0 Å². The van der Waals surface area contributed by atoms with Crippen molar-refractivity contribution < 1.29 is 0 Å². The Hall–Kier alpha value is -1.42. The largest absolute Gasteiger partial charge is 0.306 e. The zero-order valence-electron chi connectivity index (χ0n) is 15.6. The van der Waals surface area contributed by atoms with Crippen LogP contribution in [0.3, 0.4) is 0 Å². The zero-order valence-corrected chi connectivity index (χ0v) is 16.3. The fourth-order valence-electron chi connectivity index (χ4n) is 4.28. The highest BCUT2D eigenvalue weighted by Crippen LogP contribution is 2.49. The van der Waals surface area contributed by atoms with Gasteiger partial charge in [0.15, 0.2) is 0 Å². The molecule has 2 aromatic rings. The predicted molar refractivity (Wildman–Crippen MR) is 108 cm³/mol. The molecule has 2 fully saturated rings. The molecule has 0 atom stereocenters. The number of rotatable bonds is 6. The molecule has 0 spiro atoms. The fraction of sp³-hybridized carbons (Fsp3) is 0.500. The molecule has 1 saturated carbocycles. The summed E-state index contributed by atoms with van der Waals surface area (Å²) in [6, 6.07) is 13.5. The van der Waals surface area contributed by atoms with Gasteiger partial charge in [0, 0.05) is 42.0 Å². The van der Waals surface area contributed by atoms with Gasteiger partial charge in [-0.2, -0.15) is 0 Å². The lowest BCUT2D eigenvalue weighted by Gasteiger charge is -2.39. The van der Waals surface area contributed by atoms with Gasteiger partial charge in [0.2, 0.25) is 0 Å². The van der Waals surface area contributed by atoms with Crippen molar-refractivity contribution in [3.05, 3.63) is 64.9 Å². The van der Waals surface area contributed by atoms with E-state index in [4.69, 9.17) is 11.6 Å². The van der Waals surface area contributed by atoms with Gasteiger partial charge in [-0.15, -0.1) is 0 Å². The number of aromatic nitrogens is 1. The van der Waals surface area contributed by atoms with Gasteiger partial charge in [-0.05, 0) is 81.2 Å². The molecule has 1 aromatic carbocycles.